The van der Waals surface area contributed by atoms with Gasteiger partial charge in [0.25, 0.3) is 0 Å². The minimum absolute atomic E-state index is 0.153. The molecule has 0 amide bonds. The van der Waals surface area contributed by atoms with E-state index in [-0.39, 0.29) is 17.5 Å². The third-order valence-corrected chi connectivity index (χ3v) is 5.88. The van der Waals surface area contributed by atoms with Crippen LogP contribution in [0.4, 0.5) is 11.5 Å². The number of hydrogen-bond donors (Lipinski definition) is 2. The molecule has 0 radical (unpaired) electrons. The third-order valence-electron chi connectivity index (χ3n) is 3.20. The molecule has 7 heteroatoms. The highest BCUT2D eigenvalue weighted by molar-refractivity contribution is 9.10. The lowest BCUT2D eigenvalue weighted by atomic mass is 10.1. The minimum Gasteiger partial charge on any atom is -0.397 e. The van der Waals surface area contributed by atoms with Crippen LogP contribution in [0.3, 0.4) is 0 Å². The van der Waals surface area contributed by atoms with E-state index in [1.54, 1.807) is 6.20 Å². The lowest BCUT2D eigenvalue weighted by molar-refractivity contribution is 0.559. The third kappa shape index (κ3) is 2.95. The topological polar surface area (TPSA) is 85.1 Å². The number of halogens is 1. The van der Waals surface area contributed by atoms with Crippen LogP contribution < -0.4 is 11.1 Å². The number of nitrogens with one attached hydrogen (secondary N) is 1. The molecule has 1 saturated heterocycles. The highest BCUT2D eigenvalue weighted by Gasteiger charge is 2.24. The molecule has 5 nitrogen and oxygen atoms in total. The summed E-state index contributed by atoms with van der Waals surface area (Å²) in [5.41, 5.74) is 7.34. The predicted molar refractivity (Wildman–Crippen MR) is 76.4 cm³/mol. The summed E-state index contributed by atoms with van der Waals surface area (Å²) >= 11 is 3.46. The van der Waals surface area contributed by atoms with E-state index in [1.165, 1.54) is 0 Å². The summed E-state index contributed by atoms with van der Waals surface area (Å²) in [5.74, 6) is 1.22. The largest absolute Gasteiger partial charge is 0.397 e. The molecule has 1 aromatic heterocycles. The van der Waals surface area contributed by atoms with E-state index in [1.807, 2.05) is 6.92 Å². The molecular formula is C11H16BrN3O2S. The first-order chi connectivity index (χ1) is 8.39. The van der Waals surface area contributed by atoms with Crippen LogP contribution in [-0.2, 0) is 9.84 Å². The average Bonchev–Trinajstić information content (AvgIpc) is 2.32. The van der Waals surface area contributed by atoms with Crippen LogP contribution in [0.25, 0.3) is 0 Å². The molecular weight excluding hydrogens is 318 g/mol. The Balaban J connectivity index is 2.09. The summed E-state index contributed by atoms with van der Waals surface area (Å²) in [6.07, 6.45) is 2.86. The van der Waals surface area contributed by atoms with E-state index in [9.17, 15) is 8.42 Å². The Kier molecular flexibility index (Phi) is 3.82. The number of nitrogen functional groups attached to an aromatic ring is 1. The molecule has 0 spiro atoms. The average molecular weight is 334 g/mol. The van der Waals surface area contributed by atoms with Crippen molar-refractivity contribution >= 4 is 37.3 Å². The first-order valence-electron chi connectivity index (χ1n) is 5.76. The van der Waals surface area contributed by atoms with E-state index in [0.29, 0.717) is 18.5 Å². The number of sulfone groups is 1. The number of rotatable bonds is 2. The number of pyridine rings is 1. The second-order valence-corrected chi connectivity index (χ2v) is 7.67. The van der Waals surface area contributed by atoms with Gasteiger partial charge in [0.1, 0.15) is 15.7 Å². The van der Waals surface area contributed by atoms with Gasteiger partial charge in [-0.1, -0.05) is 0 Å². The van der Waals surface area contributed by atoms with Crippen LogP contribution in [0.15, 0.2) is 10.7 Å². The molecule has 2 rings (SSSR count). The summed E-state index contributed by atoms with van der Waals surface area (Å²) in [7, 11) is -2.83. The van der Waals surface area contributed by atoms with Gasteiger partial charge < -0.3 is 11.1 Å². The molecule has 0 bridgehead atoms. The summed E-state index contributed by atoms with van der Waals surface area (Å²) in [4.78, 5) is 4.24. The lowest BCUT2D eigenvalue weighted by Gasteiger charge is -2.24. The Labute approximate surface area is 115 Å². The summed E-state index contributed by atoms with van der Waals surface area (Å²) in [6.45, 7) is 1.91. The second-order valence-electron chi connectivity index (χ2n) is 4.57. The van der Waals surface area contributed by atoms with Gasteiger partial charge in [0.15, 0.2) is 0 Å². The van der Waals surface area contributed by atoms with Crippen molar-refractivity contribution < 1.29 is 8.42 Å². The van der Waals surface area contributed by atoms with Gasteiger partial charge in [0, 0.05) is 6.04 Å². The Morgan fingerprint density at radius 2 is 2.06 bits per heavy atom. The fourth-order valence-electron chi connectivity index (χ4n) is 1.92. The van der Waals surface area contributed by atoms with Crippen molar-refractivity contribution in [2.45, 2.75) is 25.8 Å². The van der Waals surface area contributed by atoms with Crippen LogP contribution in [0.5, 0.6) is 0 Å². The first kappa shape index (κ1) is 13.6. The molecule has 3 N–H and O–H groups in total. The number of nitrogens with two attached hydrogens (primary N) is 1. The standard InChI is InChI=1S/C11H16BrN3O2S/c1-7-9(13)6-14-11(10(7)12)15-8-2-4-18(16,17)5-3-8/h6,8H,2-5,13H2,1H3,(H,14,15). The zero-order valence-corrected chi connectivity index (χ0v) is 12.5. The Hall–Kier alpha value is -0.820. The van der Waals surface area contributed by atoms with Gasteiger partial charge in [-0.25, -0.2) is 13.4 Å². The van der Waals surface area contributed by atoms with E-state index < -0.39 is 9.84 Å². The highest BCUT2D eigenvalue weighted by Crippen LogP contribution is 2.29. The van der Waals surface area contributed by atoms with E-state index in [4.69, 9.17) is 5.73 Å². The van der Waals surface area contributed by atoms with Crippen LogP contribution in [-0.4, -0.2) is 30.9 Å². The molecule has 18 heavy (non-hydrogen) atoms. The van der Waals surface area contributed by atoms with Gasteiger partial charge >= 0.3 is 0 Å². The van der Waals surface area contributed by atoms with Gasteiger partial charge in [-0.2, -0.15) is 0 Å². The maximum absolute atomic E-state index is 11.3. The molecule has 1 aliphatic heterocycles. The van der Waals surface area contributed by atoms with Crippen LogP contribution in [0.1, 0.15) is 18.4 Å². The van der Waals surface area contributed by atoms with Gasteiger partial charge in [0.2, 0.25) is 0 Å². The normalized spacial score (nSPS) is 19.7. The van der Waals surface area contributed by atoms with Crippen molar-refractivity contribution in [3.63, 3.8) is 0 Å². The van der Waals surface area contributed by atoms with Crippen LogP contribution in [0, 0.1) is 6.92 Å². The van der Waals surface area contributed by atoms with E-state index >= 15 is 0 Å². The SMILES string of the molecule is Cc1c(N)cnc(NC2CCS(=O)(=O)CC2)c1Br. The van der Waals surface area contributed by atoms with E-state index in [2.05, 4.69) is 26.2 Å². The fraction of sp³-hybridized carbons (Fsp3) is 0.545. The Morgan fingerprint density at radius 1 is 1.44 bits per heavy atom. The van der Waals surface area contributed by atoms with Crippen LogP contribution in [0.2, 0.25) is 0 Å². The Bertz CT molecular complexity index is 546. The Morgan fingerprint density at radius 3 is 2.67 bits per heavy atom. The quantitative estimate of drug-likeness (QED) is 0.860. The van der Waals surface area contributed by atoms with Crippen molar-refractivity contribution in [3.8, 4) is 0 Å². The molecule has 0 atom stereocenters. The van der Waals surface area contributed by atoms with Gasteiger partial charge in [-0.05, 0) is 41.3 Å². The van der Waals surface area contributed by atoms with Crippen molar-refractivity contribution in [1.82, 2.24) is 4.98 Å². The number of aromatic nitrogens is 1. The molecule has 0 aromatic carbocycles. The second kappa shape index (κ2) is 5.05. The van der Waals surface area contributed by atoms with Gasteiger partial charge in [-0.15, -0.1) is 0 Å². The van der Waals surface area contributed by atoms with E-state index in [0.717, 1.165) is 15.9 Å². The maximum Gasteiger partial charge on any atom is 0.150 e. The van der Waals surface area contributed by atoms with Crippen molar-refractivity contribution in [1.29, 1.82) is 0 Å². The smallest absolute Gasteiger partial charge is 0.150 e. The molecule has 1 aromatic rings. The zero-order chi connectivity index (χ0) is 13.3. The highest BCUT2D eigenvalue weighted by atomic mass is 79.9. The van der Waals surface area contributed by atoms with Crippen molar-refractivity contribution in [3.05, 3.63) is 16.2 Å². The summed E-state index contributed by atoms with van der Waals surface area (Å²) in [5, 5.41) is 3.28. The van der Waals surface area contributed by atoms with Gasteiger partial charge in [0.05, 0.1) is 27.9 Å². The maximum atomic E-state index is 11.3. The lowest BCUT2D eigenvalue weighted by Crippen LogP contribution is -2.32. The summed E-state index contributed by atoms with van der Waals surface area (Å²) in [6, 6.07) is 0.153. The number of nitrogens with zero attached hydrogens (tertiary/aromatic N) is 1. The first-order valence-corrected chi connectivity index (χ1v) is 8.38. The number of hydrogen-bond acceptors (Lipinski definition) is 5. The molecule has 2 heterocycles. The molecule has 1 aliphatic rings. The molecule has 1 fully saturated rings. The van der Waals surface area contributed by atoms with Crippen LogP contribution >= 0.6 is 15.9 Å². The molecule has 0 aliphatic carbocycles. The molecule has 0 unspecified atom stereocenters. The van der Waals surface area contributed by atoms with Crippen molar-refractivity contribution in [2.24, 2.45) is 0 Å². The van der Waals surface area contributed by atoms with Gasteiger partial charge in [-0.3, -0.25) is 0 Å². The fourth-order valence-corrected chi connectivity index (χ4v) is 3.86. The minimum atomic E-state index is -2.83. The molecule has 100 valence electrons. The summed E-state index contributed by atoms with van der Waals surface area (Å²) < 4.78 is 23.5. The monoisotopic (exact) mass is 333 g/mol. The molecule has 0 saturated carbocycles. The van der Waals surface area contributed by atoms with Crippen molar-refractivity contribution in [2.75, 3.05) is 22.6 Å². The zero-order valence-electron chi connectivity index (χ0n) is 10.1. The number of anilines is 2. The predicted octanol–water partition coefficient (Wildman–Crippen LogP) is 1.72.